The minimum Gasteiger partial charge on any atom is -0.454 e. The molecule has 0 aliphatic carbocycles. The van der Waals surface area contributed by atoms with Gasteiger partial charge < -0.3 is 19.3 Å². The Morgan fingerprint density at radius 3 is 2.70 bits per heavy atom. The monoisotopic (exact) mass is 406 g/mol. The molecule has 8 heteroatoms. The van der Waals surface area contributed by atoms with E-state index in [1.807, 2.05) is 13.0 Å². The first-order valence-electron chi connectivity index (χ1n) is 9.21. The molecule has 30 heavy (non-hydrogen) atoms. The number of benzene rings is 2. The van der Waals surface area contributed by atoms with Gasteiger partial charge >= 0.3 is 0 Å². The third-order valence-corrected chi connectivity index (χ3v) is 5.00. The van der Waals surface area contributed by atoms with Crippen LogP contribution >= 0.6 is 0 Å². The Bertz CT molecular complexity index is 1500. The van der Waals surface area contributed by atoms with Gasteiger partial charge in [-0.1, -0.05) is 0 Å². The van der Waals surface area contributed by atoms with Crippen molar-refractivity contribution in [3.05, 3.63) is 76.6 Å². The number of aryl methyl sites for hydroxylation is 2. The molecule has 150 valence electrons. The predicted molar refractivity (Wildman–Crippen MR) is 110 cm³/mol. The van der Waals surface area contributed by atoms with Crippen molar-refractivity contribution in [2.75, 3.05) is 0 Å². The van der Waals surface area contributed by atoms with Crippen molar-refractivity contribution in [3.63, 3.8) is 0 Å². The maximum absolute atomic E-state index is 14.3. The second-order valence-electron chi connectivity index (χ2n) is 7.09. The van der Waals surface area contributed by atoms with Crippen molar-refractivity contribution in [1.29, 1.82) is 0 Å². The van der Waals surface area contributed by atoms with Crippen LogP contribution in [-0.4, -0.2) is 19.5 Å². The molecular formula is C22H16F2N4O2. The van der Waals surface area contributed by atoms with Crippen LogP contribution in [0.25, 0.3) is 33.1 Å². The summed E-state index contributed by atoms with van der Waals surface area (Å²) in [7, 11) is 1.66. The van der Waals surface area contributed by atoms with Crippen molar-refractivity contribution in [2.45, 2.75) is 6.92 Å². The number of hydrogen-bond donors (Lipinski definition) is 2. The van der Waals surface area contributed by atoms with Crippen LogP contribution in [0, 0.1) is 18.6 Å². The highest BCUT2D eigenvalue weighted by atomic mass is 19.1. The van der Waals surface area contributed by atoms with E-state index in [9.17, 15) is 13.6 Å². The van der Waals surface area contributed by atoms with E-state index >= 15 is 0 Å². The summed E-state index contributed by atoms with van der Waals surface area (Å²) in [6, 6.07) is 8.48. The lowest BCUT2D eigenvalue weighted by Crippen LogP contribution is -2.16. The van der Waals surface area contributed by atoms with Crippen LogP contribution in [0.1, 0.15) is 5.82 Å². The smallest absolute Gasteiger partial charge is 0.274 e. The predicted octanol–water partition coefficient (Wildman–Crippen LogP) is 4.79. The summed E-state index contributed by atoms with van der Waals surface area (Å²) >= 11 is 0. The summed E-state index contributed by atoms with van der Waals surface area (Å²) < 4.78 is 34.9. The van der Waals surface area contributed by atoms with E-state index in [0.717, 1.165) is 23.2 Å². The molecule has 6 nitrogen and oxygen atoms in total. The fourth-order valence-electron chi connectivity index (χ4n) is 3.62. The minimum atomic E-state index is -0.813. The van der Waals surface area contributed by atoms with Crippen LogP contribution in [0.3, 0.4) is 0 Å². The Hall–Kier alpha value is -3.94. The molecule has 0 radical (unpaired) electrons. The molecule has 0 aliphatic rings. The fourth-order valence-corrected chi connectivity index (χ4v) is 3.62. The molecule has 0 atom stereocenters. The number of halogens is 2. The summed E-state index contributed by atoms with van der Waals surface area (Å²) in [5.74, 6) is -0.564. The van der Waals surface area contributed by atoms with Gasteiger partial charge in [-0.25, -0.2) is 13.8 Å². The molecule has 5 rings (SSSR count). The Balaban J connectivity index is 1.79. The molecule has 0 fully saturated rings. The second kappa shape index (κ2) is 6.55. The van der Waals surface area contributed by atoms with Crippen LogP contribution in [0.15, 0.2) is 53.6 Å². The molecule has 0 spiro atoms. The summed E-state index contributed by atoms with van der Waals surface area (Å²) in [4.78, 5) is 23.0. The number of pyridine rings is 1. The van der Waals surface area contributed by atoms with Gasteiger partial charge in [0.2, 0.25) is 0 Å². The quantitative estimate of drug-likeness (QED) is 0.452. The minimum absolute atomic E-state index is 0.112. The van der Waals surface area contributed by atoms with Gasteiger partial charge in [0.05, 0.1) is 11.0 Å². The molecule has 0 saturated carbocycles. The topological polar surface area (TPSA) is 75.7 Å². The first kappa shape index (κ1) is 18.1. The molecule has 5 aromatic rings. The van der Waals surface area contributed by atoms with Crippen molar-refractivity contribution >= 4 is 21.9 Å². The molecule has 0 unspecified atom stereocenters. The number of ether oxygens (including phenoxy) is 1. The molecule has 2 N–H and O–H groups in total. The van der Waals surface area contributed by atoms with E-state index in [2.05, 4.69) is 15.0 Å². The average Bonchev–Trinajstić information content (AvgIpc) is 3.32. The number of imidazole rings is 1. The largest absolute Gasteiger partial charge is 0.454 e. The number of aromatic nitrogens is 4. The molecular weight excluding hydrogens is 390 g/mol. The van der Waals surface area contributed by atoms with Crippen molar-refractivity contribution < 1.29 is 13.5 Å². The summed E-state index contributed by atoms with van der Waals surface area (Å²) in [5, 5.41) is 0.707. The highest BCUT2D eigenvalue weighted by Crippen LogP contribution is 2.39. The summed E-state index contributed by atoms with van der Waals surface area (Å²) in [6.45, 7) is 1.83. The number of fused-ring (bicyclic) bond motifs is 2. The molecule has 3 heterocycles. The SMILES string of the molecule is Cc1nc2cc(Oc3ccc(F)cc3F)c(-c3cn(C)c(=O)c4[nH]ccc34)cc2[nH]1. The standard InChI is InChI=1S/C22H16F2N4O2/c1-11-26-17-8-14(15-10-28(2)22(29)21-13(15)5-6-25-21)20(9-18(17)27-11)30-19-4-3-12(23)7-16(19)24/h3-10,25H,1-2H3,(H,26,27). The molecule has 0 aliphatic heterocycles. The highest BCUT2D eigenvalue weighted by molar-refractivity contribution is 5.98. The zero-order chi connectivity index (χ0) is 21.0. The molecule has 0 bridgehead atoms. The Morgan fingerprint density at radius 1 is 1.07 bits per heavy atom. The maximum Gasteiger partial charge on any atom is 0.274 e. The van der Waals surface area contributed by atoms with Crippen molar-refractivity contribution in [1.82, 2.24) is 19.5 Å². The van der Waals surface area contributed by atoms with Crippen LogP contribution in [0.2, 0.25) is 0 Å². The zero-order valence-electron chi connectivity index (χ0n) is 16.1. The highest BCUT2D eigenvalue weighted by Gasteiger charge is 2.18. The molecule has 3 aromatic heterocycles. The maximum atomic E-state index is 14.3. The van der Waals surface area contributed by atoms with Gasteiger partial charge in [-0.3, -0.25) is 4.79 Å². The van der Waals surface area contributed by atoms with E-state index in [1.165, 1.54) is 10.6 Å². The number of rotatable bonds is 3. The lowest BCUT2D eigenvalue weighted by molar-refractivity contribution is 0.439. The van der Waals surface area contributed by atoms with Gasteiger partial charge in [0.1, 0.15) is 22.9 Å². The van der Waals surface area contributed by atoms with Crippen LogP contribution in [-0.2, 0) is 7.05 Å². The zero-order valence-corrected chi connectivity index (χ0v) is 16.1. The first-order chi connectivity index (χ1) is 14.4. The summed E-state index contributed by atoms with van der Waals surface area (Å²) in [6.07, 6.45) is 3.39. The number of hydrogen-bond acceptors (Lipinski definition) is 3. The molecule has 0 saturated heterocycles. The Kier molecular flexibility index (Phi) is 3.95. The van der Waals surface area contributed by atoms with Gasteiger partial charge in [-0.05, 0) is 31.2 Å². The van der Waals surface area contributed by atoms with Gasteiger partial charge in [0.15, 0.2) is 11.6 Å². The number of nitrogens with one attached hydrogen (secondary N) is 2. The van der Waals surface area contributed by atoms with E-state index in [1.54, 1.807) is 31.6 Å². The van der Waals surface area contributed by atoms with E-state index in [0.29, 0.717) is 33.6 Å². The van der Waals surface area contributed by atoms with E-state index in [4.69, 9.17) is 4.74 Å². The van der Waals surface area contributed by atoms with Crippen molar-refractivity contribution in [3.8, 4) is 22.6 Å². The second-order valence-corrected chi connectivity index (χ2v) is 7.09. The van der Waals surface area contributed by atoms with Gasteiger partial charge in [0, 0.05) is 48.1 Å². The molecule has 2 aromatic carbocycles. The molecule has 0 amide bonds. The van der Waals surface area contributed by atoms with Crippen LogP contribution < -0.4 is 10.3 Å². The van der Waals surface area contributed by atoms with Crippen molar-refractivity contribution in [2.24, 2.45) is 7.05 Å². The normalized spacial score (nSPS) is 11.5. The third-order valence-electron chi connectivity index (χ3n) is 5.00. The first-order valence-corrected chi connectivity index (χ1v) is 9.21. The number of H-pyrrole nitrogens is 2. The van der Waals surface area contributed by atoms with Gasteiger partial charge in [-0.2, -0.15) is 0 Å². The third kappa shape index (κ3) is 2.85. The van der Waals surface area contributed by atoms with Crippen LogP contribution in [0.4, 0.5) is 8.78 Å². The number of nitrogens with zero attached hydrogens (tertiary/aromatic N) is 2. The lowest BCUT2D eigenvalue weighted by Gasteiger charge is -2.14. The Labute approximate surface area is 168 Å². The van der Waals surface area contributed by atoms with E-state index < -0.39 is 11.6 Å². The Morgan fingerprint density at radius 2 is 1.90 bits per heavy atom. The van der Waals surface area contributed by atoms with E-state index in [-0.39, 0.29) is 11.3 Å². The van der Waals surface area contributed by atoms with Gasteiger partial charge in [0.25, 0.3) is 5.56 Å². The number of aromatic amines is 2. The average molecular weight is 406 g/mol. The van der Waals surface area contributed by atoms with Crippen LogP contribution in [0.5, 0.6) is 11.5 Å². The fraction of sp³-hybridized carbons (Fsp3) is 0.0909. The van der Waals surface area contributed by atoms with Gasteiger partial charge in [-0.15, -0.1) is 0 Å². The summed E-state index contributed by atoms with van der Waals surface area (Å²) in [5.41, 5.74) is 3.06. The lowest BCUT2D eigenvalue weighted by atomic mass is 10.0.